The van der Waals surface area contributed by atoms with Gasteiger partial charge in [-0.1, -0.05) is 66.2 Å². The molecule has 0 radical (unpaired) electrons. The smallest absolute Gasteiger partial charge is 0.330 e. The van der Waals surface area contributed by atoms with Crippen molar-refractivity contribution in [3.05, 3.63) is 106 Å². The lowest BCUT2D eigenvalue weighted by molar-refractivity contribution is 0.200. The van der Waals surface area contributed by atoms with Crippen molar-refractivity contribution < 1.29 is 9.18 Å². The van der Waals surface area contributed by atoms with E-state index in [1.54, 1.807) is 24.3 Å². The van der Waals surface area contributed by atoms with Gasteiger partial charge < -0.3 is 5.32 Å². The van der Waals surface area contributed by atoms with Crippen LogP contribution < -0.4 is 5.32 Å². The van der Waals surface area contributed by atoms with Crippen molar-refractivity contribution in [2.24, 2.45) is 5.10 Å². The van der Waals surface area contributed by atoms with Crippen molar-refractivity contribution in [3.8, 4) is 0 Å². The second-order valence-electron chi connectivity index (χ2n) is 7.26. The highest BCUT2D eigenvalue weighted by atomic mass is 35.5. The van der Waals surface area contributed by atoms with E-state index in [4.69, 9.17) is 11.6 Å². The highest BCUT2D eigenvalue weighted by molar-refractivity contribution is 6.30. The average Bonchev–Trinajstić information content (AvgIpc) is 3.21. The Morgan fingerprint density at radius 1 is 1.07 bits per heavy atom. The first-order valence-corrected chi connectivity index (χ1v) is 10.1. The number of hydrogen-bond acceptors (Lipinski definition) is 2. The van der Waals surface area contributed by atoms with Crippen LogP contribution in [-0.2, 0) is 0 Å². The van der Waals surface area contributed by atoms with Gasteiger partial charge >= 0.3 is 6.03 Å². The van der Waals surface area contributed by atoms with Gasteiger partial charge in [0.1, 0.15) is 5.82 Å². The largest absolute Gasteiger partial charge is 0.338 e. The van der Waals surface area contributed by atoms with Crippen LogP contribution in [0.15, 0.2) is 84.0 Å². The van der Waals surface area contributed by atoms with Crippen LogP contribution >= 0.6 is 11.6 Å². The number of rotatable bonds is 4. The monoisotopic (exact) mass is 421 g/mol. The van der Waals surface area contributed by atoms with Crippen molar-refractivity contribution in [1.29, 1.82) is 0 Å². The van der Waals surface area contributed by atoms with E-state index in [1.807, 2.05) is 49.4 Å². The molecule has 3 aromatic carbocycles. The molecule has 4 nitrogen and oxygen atoms in total. The van der Waals surface area contributed by atoms with Gasteiger partial charge in [-0.25, -0.2) is 14.2 Å². The van der Waals surface area contributed by atoms with Crippen molar-refractivity contribution in [1.82, 2.24) is 10.3 Å². The highest BCUT2D eigenvalue weighted by Crippen LogP contribution is 2.30. The predicted octanol–water partition coefficient (Wildman–Crippen LogP) is 5.75. The zero-order chi connectivity index (χ0) is 21.1. The molecule has 2 atom stereocenters. The summed E-state index contributed by atoms with van der Waals surface area (Å²) < 4.78 is 13.4. The van der Waals surface area contributed by atoms with Gasteiger partial charge in [0.2, 0.25) is 0 Å². The molecule has 3 aromatic rings. The molecule has 4 rings (SSSR count). The Morgan fingerprint density at radius 3 is 2.40 bits per heavy atom. The maximum Gasteiger partial charge on any atom is 0.338 e. The second kappa shape index (κ2) is 8.67. The normalized spacial score (nSPS) is 16.8. The molecule has 0 saturated carbocycles. The van der Waals surface area contributed by atoms with Gasteiger partial charge in [0.15, 0.2) is 0 Å². The van der Waals surface area contributed by atoms with Crippen LogP contribution in [0.25, 0.3) is 0 Å². The topological polar surface area (TPSA) is 44.7 Å². The molecule has 0 spiro atoms. The zero-order valence-electron chi connectivity index (χ0n) is 16.4. The lowest BCUT2D eigenvalue weighted by Gasteiger charge is -2.19. The fraction of sp³-hybridized carbons (Fsp3) is 0.167. The van der Waals surface area contributed by atoms with Crippen LogP contribution in [0.5, 0.6) is 0 Å². The molecular weight excluding hydrogens is 401 g/mol. The molecule has 0 saturated heterocycles. The third-order valence-electron chi connectivity index (χ3n) is 5.20. The number of carbonyl (C=O) groups excluding carboxylic acids is 1. The van der Waals surface area contributed by atoms with Crippen molar-refractivity contribution in [3.63, 3.8) is 0 Å². The Kier molecular flexibility index (Phi) is 5.81. The van der Waals surface area contributed by atoms with Crippen molar-refractivity contribution in [2.75, 3.05) is 6.54 Å². The molecule has 1 heterocycles. The molecule has 152 valence electrons. The average molecular weight is 422 g/mol. The number of hydrazone groups is 1. The van der Waals surface area contributed by atoms with Crippen LogP contribution in [0.1, 0.15) is 35.6 Å². The van der Waals surface area contributed by atoms with Gasteiger partial charge in [0.05, 0.1) is 18.3 Å². The van der Waals surface area contributed by atoms with Crippen LogP contribution in [0.2, 0.25) is 5.02 Å². The summed E-state index contributed by atoms with van der Waals surface area (Å²) >= 11 is 6.03. The molecule has 0 aromatic heterocycles. The first-order valence-electron chi connectivity index (χ1n) is 9.74. The highest BCUT2D eigenvalue weighted by Gasteiger charge is 2.32. The Bertz CT molecular complexity index is 1050. The van der Waals surface area contributed by atoms with Gasteiger partial charge in [-0.05, 0) is 47.9 Å². The first-order chi connectivity index (χ1) is 14.5. The van der Waals surface area contributed by atoms with E-state index >= 15 is 0 Å². The van der Waals surface area contributed by atoms with Gasteiger partial charge in [0, 0.05) is 10.9 Å². The molecule has 2 amide bonds. The number of nitrogens with one attached hydrogen (secondary N) is 1. The summed E-state index contributed by atoms with van der Waals surface area (Å²) in [5.41, 5.74) is 3.54. The summed E-state index contributed by atoms with van der Waals surface area (Å²) in [4.78, 5) is 12.9. The van der Waals surface area contributed by atoms with E-state index in [2.05, 4.69) is 10.4 Å². The molecule has 30 heavy (non-hydrogen) atoms. The van der Waals surface area contributed by atoms with Crippen molar-refractivity contribution in [2.45, 2.75) is 18.9 Å². The number of urea groups is 1. The maximum absolute atomic E-state index is 13.4. The zero-order valence-corrected chi connectivity index (χ0v) is 17.2. The van der Waals surface area contributed by atoms with Crippen LogP contribution in [-0.4, -0.2) is 23.3 Å². The Hall–Kier alpha value is -3.18. The van der Waals surface area contributed by atoms with Crippen molar-refractivity contribution >= 4 is 23.3 Å². The van der Waals surface area contributed by atoms with E-state index in [1.165, 1.54) is 17.1 Å². The minimum absolute atomic E-state index is 0.155. The molecule has 0 bridgehead atoms. The van der Waals surface area contributed by atoms with E-state index in [0.717, 1.165) is 22.4 Å². The number of carbonyl (C=O) groups is 1. The predicted molar refractivity (Wildman–Crippen MR) is 117 cm³/mol. The summed E-state index contributed by atoms with van der Waals surface area (Å²) in [6, 6.07) is 23.0. The number of halogens is 2. The number of hydrogen-bond donors (Lipinski definition) is 1. The summed E-state index contributed by atoms with van der Waals surface area (Å²) in [6.07, 6.45) is 0. The van der Waals surface area contributed by atoms with Gasteiger partial charge in [-0.2, -0.15) is 5.10 Å². The molecule has 0 aliphatic carbocycles. The van der Waals surface area contributed by atoms with E-state index in [-0.39, 0.29) is 23.8 Å². The molecule has 6 heteroatoms. The summed E-state index contributed by atoms with van der Waals surface area (Å²) in [5, 5.41) is 9.68. The molecule has 1 aliphatic heterocycles. The quantitative estimate of drug-likeness (QED) is 0.572. The summed E-state index contributed by atoms with van der Waals surface area (Å²) in [5.74, 6) is -0.461. The second-order valence-corrected chi connectivity index (χ2v) is 7.70. The lowest BCUT2D eigenvalue weighted by atomic mass is 9.90. The van der Waals surface area contributed by atoms with Gasteiger partial charge in [-0.3, -0.25) is 0 Å². The fourth-order valence-electron chi connectivity index (χ4n) is 3.55. The standard InChI is InChI=1S/C24H21ClFN3O/c1-16(17-5-3-2-4-6-17)27-24(30)29-15-22(18-9-13-21(26)14-10-18)23(28-29)19-7-11-20(25)12-8-19/h2-14,16,22H,15H2,1H3,(H,27,30)/t16-,22+/m0/s1. The fourth-order valence-corrected chi connectivity index (χ4v) is 3.68. The molecular formula is C24H21ClFN3O. The third-order valence-corrected chi connectivity index (χ3v) is 5.45. The van der Waals surface area contributed by atoms with E-state index < -0.39 is 0 Å². The number of nitrogens with zero attached hydrogens (tertiary/aromatic N) is 2. The van der Waals surface area contributed by atoms with Gasteiger partial charge in [-0.15, -0.1) is 0 Å². The van der Waals surface area contributed by atoms with E-state index in [9.17, 15) is 9.18 Å². The SMILES string of the molecule is C[C@H](NC(=O)N1C[C@H](c2ccc(F)cc2)C(c2ccc(Cl)cc2)=N1)c1ccccc1. The Labute approximate surface area is 180 Å². The van der Waals surface area contributed by atoms with E-state index in [0.29, 0.717) is 11.6 Å². The number of amides is 2. The number of benzene rings is 3. The molecule has 0 fully saturated rings. The third kappa shape index (κ3) is 4.36. The minimum Gasteiger partial charge on any atom is -0.330 e. The Balaban J connectivity index is 1.60. The summed E-state index contributed by atoms with van der Waals surface area (Å²) in [6.45, 7) is 2.31. The minimum atomic E-state index is -0.298. The first kappa shape index (κ1) is 20.1. The molecule has 1 aliphatic rings. The van der Waals surface area contributed by atoms with Crippen LogP contribution in [0.3, 0.4) is 0 Å². The lowest BCUT2D eigenvalue weighted by Crippen LogP contribution is -2.37. The Morgan fingerprint density at radius 2 is 1.73 bits per heavy atom. The van der Waals surface area contributed by atoms with Gasteiger partial charge in [0.25, 0.3) is 0 Å². The summed E-state index contributed by atoms with van der Waals surface area (Å²) in [7, 11) is 0. The molecule has 0 unspecified atom stereocenters. The maximum atomic E-state index is 13.4. The van der Waals surface area contributed by atoms with Crippen LogP contribution in [0.4, 0.5) is 9.18 Å². The van der Waals surface area contributed by atoms with Crippen LogP contribution in [0, 0.1) is 5.82 Å². The molecule has 1 N–H and O–H groups in total.